The molecule has 0 saturated heterocycles. The highest BCUT2D eigenvalue weighted by Crippen LogP contribution is 2.56. The van der Waals surface area contributed by atoms with Gasteiger partial charge in [-0.1, -0.05) is 149 Å². The summed E-state index contributed by atoms with van der Waals surface area (Å²) in [6.45, 7) is 25.6. The largest absolute Gasteiger partial charge is 0.455 e. The molecule has 300 valence electrons. The van der Waals surface area contributed by atoms with Crippen LogP contribution in [0.5, 0.6) is 0 Å². The number of para-hydroxylation sites is 1. The average Bonchev–Trinajstić information content (AvgIpc) is 3.84. The van der Waals surface area contributed by atoms with Crippen LogP contribution in [0.15, 0.2) is 126 Å². The fourth-order valence-corrected chi connectivity index (χ4v) is 11.3. The molecule has 3 aliphatic rings. The Bertz CT molecular complexity index is 3390. The Balaban J connectivity index is 1.33. The van der Waals surface area contributed by atoms with Gasteiger partial charge in [-0.25, -0.2) is 0 Å². The van der Waals surface area contributed by atoms with Crippen molar-refractivity contribution in [3.05, 3.63) is 149 Å². The predicted molar refractivity (Wildman–Crippen MR) is 261 cm³/mol. The third-order valence-corrected chi connectivity index (χ3v) is 14.6. The van der Waals surface area contributed by atoms with Gasteiger partial charge in [0.25, 0.3) is 0 Å². The van der Waals surface area contributed by atoms with Gasteiger partial charge in [-0.3, -0.25) is 0 Å². The first-order valence-corrected chi connectivity index (χ1v) is 22.2. The van der Waals surface area contributed by atoms with Gasteiger partial charge in [0.05, 0.1) is 16.4 Å². The van der Waals surface area contributed by atoms with Crippen LogP contribution in [0.4, 0.5) is 11.4 Å². The van der Waals surface area contributed by atoms with E-state index in [1.165, 1.54) is 111 Å². The molecule has 0 atom stereocenters. The van der Waals surface area contributed by atoms with Crippen molar-refractivity contribution in [1.29, 1.82) is 0 Å². The van der Waals surface area contributed by atoms with E-state index < -0.39 is 0 Å². The van der Waals surface area contributed by atoms with Crippen LogP contribution >= 0.6 is 0 Å². The van der Waals surface area contributed by atoms with Gasteiger partial charge in [-0.15, -0.1) is 0 Å². The Morgan fingerprint density at radius 3 is 1.93 bits per heavy atom. The molecule has 0 bridgehead atoms. The quantitative estimate of drug-likeness (QED) is 0.154. The van der Waals surface area contributed by atoms with E-state index in [0.29, 0.717) is 0 Å². The van der Waals surface area contributed by atoms with Gasteiger partial charge in [0, 0.05) is 44.2 Å². The number of fused-ring (bicyclic) bond motifs is 16. The molecule has 12 rings (SSSR count). The average molecular weight is 793 g/mol. The summed E-state index contributed by atoms with van der Waals surface area (Å²) in [5, 5.41) is 4.85. The van der Waals surface area contributed by atoms with Crippen LogP contribution in [0.25, 0.3) is 71.7 Å². The van der Waals surface area contributed by atoms with Crippen LogP contribution in [-0.4, -0.2) is 11.4 Å². The Labute approximate surface area is 360 Å². The van der Waals surface area contributed by atoms with Crippen molar-refractivity contribution in [2.24, 2.45) is 0 Å². The summed E-state index contributed by atoms with van der Waals surface area (Å²) in [6, 6.07) is 46.9. The van der Waals surface area contributed by atoms with Crippen LogP contribution in [0.2, 0.25) is 0 Å². The first-order valence-electron chi connectivity index (χ1n) is 22.2. The zero-order valence-electron chi connectivity index (χ0n) is 37.4. The lowest BCUT2D eigenvalue weighted by Gasteiger charge is -2.43. The molecule has 0 saturated carbocycles. The second kappa shape index (κ2) is 11.7. The molecule has 1 aliphatic carbocycles. The standard InChI is InChI=1S/C57H53BN2O/c1-54(2,3)32-20-24-35(25-21-32)60-46-31-38-36-16-12-14-18-41(36)57(10,11)42(38)30-40(46)48-49-37-17-13-15-19-47(37)61-53(49)50-39-28-33(55(4,5)6)22-26-44(39)59-45-27-23-34(56(7,8)9)29-43(45)58(60)51(48)52(50)59/h12-31H,1-11H3. The molecular weight excluding hydrogens is 739 g/mol. The highest BCUT2D eigenvalue weighted by Gasteiger charge is 2.48. The molecule has 2 aromatic heterocycles. The van der Waals surface area contributed by atoms with Gasteiger partial charge in [-0.05, 0) is 120 Å². The molecule has 9 aromatic rings. The number of benzene rings is 7. The van der Waals surface area contributed by atoms with Crippen molar-refractivity contribution < 1.29 is 4.42 Å². The van der Waals surface area contributed by atoms with E-state index in [1.54, 1.807) is 0 Å². The number of rotatable bonds is 1. The van der Waals surface area contributed by atoms with Gasteiger partial charge in [-0.2, -0.15) is 0 Å². The Morgan fingerprint density at radius 2 is 1.20 bits per heavy atom. The molecule has 7 aromatic carbocycles. The topological polar surface area (TPSA) is 21.3 Å². The summed E-state index contributed by atoms with van der Waals surface area (Å²) in [6.07, 6.45) is 0. The molecule has 4 heteroatoms. The molecule has 3 nitrogen and oxygen atoms in total. The van der Waals surface area contributed by atoms with Crippen molar-refractivity contribution in [2.75, 3.05) is 4.81 Å². The second-order valence-corrected chi connectivity index (χ2v) is 21.8. The van der Waals surface area contributed by atoms with E-state index in [9.17, 15) is 0 Å². The van der Waals surface area contributed by atoms with E-state index in [-0.39, 0.29) is 28.5 Å². The van der Waals surface area contributed by atoms with E-state index in [2.05, 4.69) is 207 Å². The molecular formula is C57H53BN2O. The lowest BCUT2D eigenvalue weighted by molar-refractivity contribution is 0.590. The SMILES string of the molecule is CC(C)(C)c1ccc(N2B3c4cc(C(C)(C)C)ccc4-n4c5ccc(C(C)(C)C)cc5c5c6oc7ccccc7c6c(c3c54)-c3cc4c(cc32)-c2ccccc2C4(C)C)cc1. The lowest BCUT2D eigenvalue weighted by Crippen LogP contribution is -2.60. The van der Waals surface area contributed by atoms with Gasteiger partial charge in [0.15, 0.2) is 0 Å². The maximum absolute atomic E-state index is 7.22. The minimum Gasteiger partial charge on any atom is -0.455 e. The minimum atomic E-state index is -0.164. The molecule has 0 radical (unpaired) electrons. The third kappa shape index (κ3) is 4.82. The number of anilines is 2. The van der Waals surface area contributed by atoms with Crippen LogP contribution < -0.4 is 15.7 Å². The minimum absolute atomic E-state index is 0.0221. The normalized spacial score (nSPS) is 15.2. The van der Waals surface area contributed by atoms with Gasteiger partial charge < -0.3 is 13.8 Å². The number of hydrogen-bond acceptors (Lipinski definition) is 2. The number of furan rings is 1. The van der Waals surface area contributed by atoms with Crippen LogP contribution in [0.1, 0.15) is 104 Å². The predicted octanol–water partition coefficient (Wildman–Crippen LogP) is 14.1. The maximum Gasteiger partial charge on any atom is 0.333 e. The summed E-state index contributed by atoms with van der Waals surface area (Å²) in [7, 11) is 0. The summed E-state index contributed by atoms with van der Waals surface area (Å²) in [5.74, 6) is 0. The van der Waals surface area contributed by atoms with Crippen molar-refractivity contribution in [3.8, 4) is 27.9 Å². The van der Waals surface area contributed by atoms with Crippen LogP contribution in [0.3, 0.4) is 0 Å². The highest BCUT2D eigenvalue weighted by molar-refractivity contribution is 6.94. The zero-order chi connectivity index (χ0) is 42.3. The van der Waals surface area contributed by atoms with E-state index >= 15 is 0 Å². The summed E-state index contributed by atoms with van der Waals surface area (Å²) >= 11 is 0. The monoisotopic (exact) mass is 792 g/mol. The Kier molecular flexibility index (Phi) is 7.05. The molecule has 0 unspecified atom stereocenters. The Morgan fingerprint density at radius 1 is 0.541 bits per heavy atom. The third-order valence-electron chi connectivity index (χ3n) is 14.6. The number of hydrogen-bond donors (Lipinski definition) is 0. The highest BCUT2D eigenvalue weighted by atomic mass is 16.3. The molecule has 4 heterocycles. The van der Waals surface area contributed by atoms with Crippen molar-refractivity contribution in [2.45, 2.75) is 97.8 Å². The van der Waals surface area contributed by atoms with Crippen LogP contribution in [-0.2, 0) is 21.7 Å². The summed E-state index contributed by atoms with van der Waals surface area (Å²) < 4.78 is 9.82. The first kappa shape index (κ1) is 36.8. The summed E-state index contributed by atoms with van der Waals surface area (Å²) in [5.41, 5.74) is 22.6. The first-order chi connectivity index (χ1) is 28.9. The fraction of sp³-hybridized carbons (Fsp3) is 0.263. The van der Waals surface area contributed by atoms with E-state index in [0.717, 1.165) is 11.2 Å². The molecule has 0 fully saturated rings. The fourth-order valence-electron chi connectivity index (χ4n) is 11.3. The van der Waals surface area contributed by atoms with E-state index in [4.69, 9.17) is 4.42 Å². The maximum atomic E-state index is 7.22. The smallest absolute Gasteiger partial charge is 0.333 e. The van der Waals surface area contributed by atoms with Gasteiger partial charge >= 0.3 is 6.85 Å². The molecule has 2 aliphatic heterocycles. The second-order valence-electron chi connectivity index (χ2n) is 21.8. The Hall–Kier alpha value is -6.00. The molecule has 61 heavy (non-hydrogen) atoms. The van der Waals surface area contributed by atoms with Gasteiger partial charge in [0.1, 0.15) is 11.2 Å². The zero-order valence-corrected chi connectivity index (χ0v) is 37.4. The van der Waals surface area contributed by atoms with Crippen molar-refractivity contribution in [3.63, 3.8) is 0 Å². The molecule has 0 spiro atoms. The van der Waals surface area contributed by atoms with Crippen LogP contribution in [0, 0.1) is 0 Å². The van der Waals surface area contributed by atoms with Crippen molar-refractivity contribution in [1.82, 2.24) is 4.57 Å². The van der Waals surface area contributed by atoms with E-state index in [1.807, 2.05) is 0 Å². The number of aromatic nitrogens is 1. The summed E-state index contributed by atoms with van der Waals surface area (Å²) in [4.78, 5) is 2.71. The van der Waals surface area contributed by atoms with Gasteiger partial charge in [0.2, 0.25) is 0 Å². The van der Waals surface area contributed by atoms with Crippen molar-refractivity contribution >= 4 is 72.9 Å². The molecule has 0 N–H and O–H groups in total. The molecule has 0 amide bonds. The number of nitrogens with zero attached hydrogens (tertiary/aromatic N) is 2. The lowest BCUT2D eigenvalue weighted by atomic mass is 9.43.